The molecule has 0 aromatic rings. The standard InChI is InChI=1S/C30H48N2O3/c1-17(2)23-19(33)16-30(25(35)32-31)15-14-28(6)18(24(23)30)8-9-21-27(5)12-11-22(34)26(3,4)20(27)10-13-29(21,28)7/h17-18,20-22,34H,8-16,31H2,1-7H3,(H,32,35)/t18-,20+,21-,22+,27+,28-,29-,30-/m1/s1. The zero-order valence-corrected chi connectivity index (χ0v) is 23.1. The third-order valence-corrected chi connectivity index (χ3v) is 13.0. The number of fused-ring (bicyclic) bond motifs is 7. The number of hydrogen-bond donors (Lipinski definition) is 3. The molecule has 8 atom stereocenters. The van der Waals surface area contributed by atoms with Gasteiger partial charge in [-0.05, 0) is 108 Å². The van der Waals surface area contributed by atoms with E-state index < -0.39 is 5.41 Å². The molecule has 4 fully saturated rings. The Hall–Kier alpha value is -1.20. The predicted molar refractivity (Wildman–Crippen MR) is 138 cm³/mol. The monoisotopic (exact) mass is 484 g/mol. The Bertz CT molecular complexity index is 984. The van der Waals surface area contributed by atoms with Crippen LogP contribution in [0.3, 0.4) is 0 Å². The predicted octanol–water partition coefficient (Wildman–Crippen LogP) is 5.32. The van der Waals surface area contributed by atoms with E-state index in [2.05, 4.69) is 53.9 Å². The van der Waals surface area contributed by atoms with Gasteiger partial charge in [0.1, 0.15) is 0 Å². The first kappa shape index (κ1) is 25.4. The van der Waals surface area contributed by atoms with Crippen molar-refractivity contribution in [3.8, 4) is 0 Å². The van der Waals surface area contributed by atoms with Gasteiger partial charge in [0.2, 0.25) is 5.91 Å². The van der Waals surface area contributed by atoms with Gasteiger partial charge in [-0.15, -0.1) is 0 Å². The molecule has 0 aromatic carbocycles. The molecule has 5 aliphatic rings. The lowest BCUT2D eigenvalue weighted by molar-refractivity contribution is -0.228. The maximum Gasteiger partial charge on any atom is 0.244 e. The van der Waals surface area contributed by atoms with Crippen LogP contribution in [0.1, 0.15) is 106 Å². The number of allylic oxidation sites excluding steroid dienone is 1. The topological polar surface area (TPSA) is 92.4 Å². The molecule has 35 heavy (non-hydrogen) atoms. The maximum atomic E-state index is 13.4. The summed E-state index contributed by atoms with van der Waals surface area (Å²) in [4.78, 5) is 26.7. The number of ketones is 1. The summed E-state index contributed by atoms with van der Waals surface area (Å²) in [5.41, 5.74) is 4.13. The first-order valence-electron chi connectivity index (χ1n) is 14.2. The van der Waals surface area contributed by atoms with Gasteiger partial charge in [0.05, 0.1) is 11.5 Å². The zero-order chi connectivity index (χ0) is 25.8. The van der Waals surface area contributed by atoms with Crippen molar-refractivity contribution in [3.63, 3.8) is 0 Å². The van der Waals surface area contributed by atoms with Crippen LogP contribution in [-0.2, 0) is 9.59 Å². The van der Waals surface area contributed by atoms with Crippen molar-refractivity contribution < 1.29 is 14.7 Å². The van der Waals surface area contributed by atoms with Gasteiger partial charge in [-0.3, -0.25) is 15.0 Å². The Morgan fingerprint density at radius 3 is 2.26 bits per heavy atom. The number of aliphatic hydroxyl groups excluding tert-OH is 1. The largest absolute Gasteiger partial charge is 0.393 e. The van der Waals surface area contributed by atoms with Gasteiger partial charge in [-0.1, -0.05) is 48.5 Å². The second kappa shape index (κ2) is 7.66. The Kier molecular flexibility index (Phi) is 5.57. The van der Waals surface area contributed by atoms with Crippen LogP contribution >= 0.6 is 0 Å². The van der Waals surface area contributed by atoms with Crippen LogP contribution in [0.4, 0.5) is 0 Å². The fourth-order valence-corrected chi connectivity index (χ4v) is 11.0. The van der Waals surface area contributed by atoms with E-state index in [-0.39, 0.29) is 57.7 Å². The third kappa shape index (κ3) is 2.94. The first-order valence-corrected chi connectivity index (χ1v) is 14.2. The molecule has 5 heteroatoms. The highest BCUT2D eigenvalue weighted by atomic mass is 16.3. The molecular formula is C30H48N2O3. The molecule has 4 N–H and O–H groups in total. The van der Waals surface area contributed by atoms with Crippen LogP contribution in [0.15, 0.2) is 11.1 Å². The van der Waals surface area contributed by atoms with Gasteiger partial charge in [-0.2, -0.15) is 0 Å². The Morgan fingerprint density at radius 2 is 1.63 bits per heavy atom. The molecule has 5 rings (SSSR count). The molecular weight excluding hydrogens is 436 g/mol. The molecule has 5 nitrogen and oxygen atoms in total. The smallest absolute Gasteiger partial charge is 0.244 e. The van der Waals surface area contributed by atoms with E-state index in [9.17, 15) is 14.7 Å². The highest BCUT2D eigenvalue weighted by Gasteiger charge is 2.70. The minimum atomic E-state index is -0.753. The number of hydrogen-bond acceptors (Lipinski definition) is 4. The Labute approximate surface area is 212 Å². The molecule has 0 spiro atoms. The van der Waals surface area contributed by atoms with Gasteiger partial charge in [0.25, 0.3) is 0 Å². The summed E-state index contributed by atoms with van der Waals surface area (Å²) >= 11 is 0. The van der Waals surface area contributed by atoms with Gasteiger partial charge >= 0.3 is 0 Å². The highest BCUT2D eigenvalue weighted by Crippen LogP contribution is 2.76. The Morgan fingerprint density at radius 1 is 0.943 bits per heavy atom. The second-order valence-corrected chi connectivity index (χ2v) is 14.6. The maximum absolute atomic E-state index is 13.4. The normalized spacial score (nSPS) is 48.7. The van der Waals surface area contributed by atoms with E-state index in [1.54, 1.807) is 0 Å². The van der Waals surface area contributed by atoms with Crippen molar-refractivity contribution in [1.82, 2.24) is 5.43 Å². The van der Waals surface area contributed by atoms with Gasteiger partial charge in [-0.25, -0.2) is 5.84 Å². The van der Waals surface area contributed by atoms with Gasteiger partial charge < -0.3 is 5.11 Å². The number of carbonyl (C=O) groups excluding carboxylic acids is 2. The number of nitrogens with two attached hydrogens (primary N) is 1. The number of rotatable bonds is 2. The summed E-state index contributed by atoms with van der Waals surface area (Å²) in [5, 5.41) is 10.9. The summed E-state index contributed by atoms with van der Waals surface area (Å²) in [7, 11) is 0. The summed E-state index contributed by atoms with van der Waals surface area (Å²) < 4.78 is 0. The van der Waals surface area contributed by atoms with Crippen LogP contribution in [0.2, 0.25) is 0 Å². The fourth-order valence-electron chi connectivity index (χ4n) is 11.0. The number of aliphatic hydroxyl groups is 1. The fraction of sp³-hybridized carbons (Fsp3) is 0.867. The molecule has 4 saturated carbocycles. The highest BCUT2D eigenvalue weighted by molar-refractivity contribution is 6.06. The number of carbonyl (C=O) groups is 2. The van der Waals surface area contributed by atoms with Crippen LogP contribution < -0.4 is 11.3 Å². The van der Waals surface area contributed by atoms with Gasteiger partial charge in [0.15, 0.2) is 5.78 Å². The van der Waals surface area contributed by atoms with Gasteiger partial charge in [0, 0.05) is 6.42 Å². The summed E-state index contributed by atoms with van der Waals surface area (Å²) in [6.45, 7) is 16.4. The van der Waals surface area contributed by atoms with E-state index in [4.69, 9.17) is 5.84 Å². The molecule has 1 amide bonds. The Balaban J connectivity index is 1.62. The lowest BCUT2D eigenvalue weighted by Gasteiger charge is -2.72. The van der Waals surface area contributed by atoms with Crippen molar-refractivity contribution in [2.75, 3.05) is 0 Å². The van der Waals surface area contributed by atoms with E-state index in [1.165, 1.54) is 0 Å². The quantitative estimate of drug-likeness (QED) is 0.281. The van der Waals surface area contributed by atoms with E-state index >= 15 is 0 Å². The zero-order valence-electron chi connectivity index (χ0n) is 23.1. The van der Waals surface area contributed by atoms with Crippen molar-refractivity contribution in [3.05, 3.63) is 11.1 Å². The van der Waals surface area contributed by atoms with E-state index in [0.29, 0.717) is 18.3 Å². The van der Waals surface area contributed by atoms with Crippen molar-refractivity contribution in [2.24, 2.45) is 56.6 Å². The van der Waals surface area contributed by atoms with Crippen molar-refractivity contribution in [1.29, 1.82) is 0 Å². The third-order valence-electron chi connectivity index (χ3n) is 13.0. The first-order chi connectivity index (χ1) is 16.2. The molecule has 0 bridgehead atoms. The molecule has 196 valence electrons. The summed E-state index contributed by atoms with van der Waals surface area (Å²) in [6, 6.07) is 0. The van der Waals surface area contributed by atoms with Crippen LogP contribution in [-0.4, -0.2) is 22.9 Å². The average molecular weight is 485 g/mol. The van der Waals surface area contributed by atoms with E-state index in [0.717, 1.165) is 56.1 Å². The van der Waals surface area contributed by atoms with Crippen LogP contribution in [0.25, 0.3) is 0 Å². The molecule has 0 radical (unpaired) electrons. The lowest BCUT2D eigenvalue weighted by atomic mass is 9.33. The molecule has 0 saturated heterocycles. The lowest BCUT2D eigenvalue weighted by Crippen LogP contribution is -2.66. The number of nitrogens with one attached hydrogen (secondary N) is 1. The minimum Gasteiger partial charge on any atom is -0.393 e. The molecule has 0 aromatic heterocycles. The molecule has 0 aliphatic heterocycles. The van der Waals surface area contributed by atoms with Crippen molar-refractivity contribution in [2.45, 2.75) is 112 Å². The number of amides is 1. The second-order valence-electron chi connectivity index (χ2n) is 14.6. The average Bonchev–Trinajstić information content (AvgIpc) is 3.10. The number of hydrazine groups is 1. The van der Waals surface area contributed by atoms with Crippen LogP contribution in [0, 0.1) is 50.7 Å². The van der Waals surface area contributed by atoms with Crippen molar-refractivity contribution >= 4 is 11.7 Å². The molecule has 0 unspecified atom stereocenters. The SMILES string of the molecule is CC(C)C1=C2[C@H]3CC[C@@H]4[C@@]5(C)CC[C@H](O)C(C)(C)[C@@H]5CC[C@@]4(C)[C@]3(C)CC[C@@]2(C(=O)NN)CC1=O. The van der Waals surface area contributed by atoms with E-state index in [1.807, 2.05) is 0 Å². The summed E-state index contributed by atoms with van der Waals surface area (Å²) in [6.07, 6.45) is 8.24. The minimum absolute atomic E-state index is 0.0442. The summed E-state index contributed by atoms with van der Waals surface area (Å²) in [5.74, 6) is 7.22. The van der Waals surface area contributed by atoms with Crippen LogP contribution in [0.5, 0.6) is 0 Å². The molecule has 5 aliphatic carbocycles. The molecule has 0 heterocycles. The number of Topliss-reactive ketones (excluding diaryl/α,β-unsaturated/α-hetero) is 1.